The van der Waals surface area contributed by atoms with E-state index in [-0.39, 0.29) is 25.5 Å². The van der Waals surface area contributed by atoms with Crippen molar-refractivity contribution in [1.29, 1.82) is 0 Å². The molecule has 1 atom stereocenters. The number of ether oxygens (including phenoxy) is 2. The van der Waals surface area contributed by atoms with Gasteiger partial charge in [0.05, 0.1) is 13.0 Å². The fourth-order valence-corrected chi connectivity index (χ4v) is 3.47. The average molecular weight is 389 g/mol. The third kappa shape index (κ3) is 4.42. The van der Waals surface area contributed by atoms with Crippen molar-refractivity contribution < 1.29 is 23.5 Å². The number of hydrogen-bond donors (Lipinski definition) is 0. The molecule has 0 saturated carbocycles. The molecule has 1 fully saturated rings. The van der Waals surface area contributed by atoms with Gasteiger partial charge in [-0.15, -0.1) is 11.8 Å². The number of anilines is 1. The maximum Gasteiger partial charge on any atom is 0.311 e. The van der Waals surface area contributed by atoms with Crippen LogP contribution in [0.2, 0.25) is 0 Å². The van der Waals surface area contributed by atoms with Crippen LogP contribution in [0.4, 0.5) is 10.1 Å². The third-order valence-electron chi connectivity index (χ3n) is 4.44. The Kier molecular flexibility index (Phi) is 6.01. The lowest BCUT2D eigenvalue weighted by atomic mass is 10.1. The van der Waals surface area contributed by atoms with Gasteiger partial charge in [0, 0.05) is 29.1 Å². The van der Waals surface area contributed by atoms with E-state index in [1.54, 1.807) is 16.7 Å². The molecule has 7 heteroatoms. The minimum atomic E-state index is -0.546. The van der Waals surface area contributed by atoms with Crippen LogP contribution in [0.15, 0.2) is 47.4 Å². The van der Waals surface area contributed by atoms with Gasteiger partial charge in [0.2, 0.25) is 5.91 Å². The minimum Gasteiger partial charge on any atom is -0.496 e. The molecule has 1 aliphatic rings. The molecule has 27 heavy (non-hydrogen) atoms. The normalized spacial score (nSPS) is 16.5. The number of halogens is 1. The van der Waals surface area contributed by atoms with E-state index in [0.29, 0.717) is 11.3 Å². The first-order valence-electron chi connectivity index (χ1n) is 8.45. The van der Waals surface area contributed by atoms with Crippen molar-refractivity contribution in [2.24, 2.45) is 5.92 Å². The lowest BCUT2D eigenvalue weighted by Crippen LogP contribution is -2.26. The molecule has 0 N–H and O–H groups in total. The SMILES string of the molecule is COc1ccc(F)cc1COC(=O)C1CC(=O)N(c2cccc(SC)c2)C1. The highest BCUT2D eigenvalue weighted by atomic mass is 32.2. The summed E-state index contributed by atoms with van der Waals surface area (Å²) < 4.78 is 23.9. The van der Waals surface area contributed by atoms with Crippen LogP contribution in [-0.2, 0) is 20.9 Å². The molecular formula is C20H20FNO4S. The Labute approximate surface area is 161 Å². The van der Waals surface area contributed by atoms with E-state index in [4.69, 9.17) is 9.47 Å². The van der Waals surface area contributed by atoms with Gasteiger partial charge in [-0.05, 0) is 42.7 Å². The Morgan fingerprint density at radius 3 is 2.85 bits per heavy atom. The van der Waals surface area contributed by atoms with Gasteiger partial charge in [0.1, 0.15) is 18.2 Å². The maximum absolute atomic E-state index is 13.4. The lowest BCUT2D eigenvalue weighted by Gasteiger charge is -2.17. The Hall–Kier alpha value is -2.54. The van der Waals surface area contributed by atoms with Gasteiger partial charge in [-0.1, -0.05) is 6.07 Å². The standard InChI is InChI=1S/C20H20FNO4S/c1-25-18-7-6-15(21)8-14(18)12-26-20(24)13-9-19(23)22(11-13)16-4-3-5-17(10-16)27-2/h3-8,10,13H,9,11-12H2,1-2H3. The molecule has 2 aromatic rings. The van der Waals surface area contributed by atoms with Crippen molar-refractivity contribution in [3.05, 3.63) is 53.8 Å². The summed E-state index contributed by atoms with van der Waals surface area (Å²) in [6, 6.07) is 11.7. The van der Waals surface area contributed by atoms with Crippen LogP contribution in [0, 0.1) is 11.7 Å². The van der Waals surface area contributed by atoms with Crippen LogP contribution in [-0.4, -0.2) is 31.8 Å². The number of benzene rings is 2. The highest BCUT2D eigenvalue weighted by molar-refractivity contribution is 7.98. The van der Waals surface area contributed by atoms with Gasteiger partial charge < -0.3 is 14.4 Å². The van der Waals surface area contributed by atoms with Crippen molar-refractivity contribution in [3.8, 4) is 5.75 Å². The van der Waals surface area contributed by atoms with Gasteiger partial charge in [0.25, 0.3) is 0 Å². The number of hydrogen-bond acceptors (Lipinski definition) is 5. The monoisotopic (exact) mass is 389 g/mol. The smallest absolute Gasteiger partial charge is 0.311 e. The molecule has 1 amide bonds. The average Bonchev–Trinajstić information content (AvgIpc) is 3.08. The summed E-state index contributed by atoms with van der Waals surface area (Å²) in [5.74, 6) is -1.12. The Balaban J connectivity index is 1.65. The van der Waals surface area contributed by atoms with Crippen LogP contribution >= 0.6 is 11.8 Å². The third-order valence-corrected chi connectivity index (χ3v) is 5.16. The summed E-state index contributed by atoms with van der Waals surface area (Å²) in [4.78, 5) is 27.4. The first kappa shape index (κ1) is 19.2. The van der Waals surface area contributed by atoms with Gasteiger partial charge in [-0.25, -0.2) is 4.39 Å². The quantitative estimate of drug-likeness (QED) is 0.558. The first-order valence-corrected chi connectivity index (χ1v) is 9.67. The predicted molar refractivity (Wildman–Crippen MR) is 101 cm³/mol. The number of nitrogens with zero attached hydrogens (tertiary/aromatic N) is 1. The Morgan fingerprint density at radius 1 is 1.30 bits per heavy atom. The molecule has 5 nitrogen and oxygen atoms in total. The van der Waals surface area contributed by atoms with E-state index in [1.165, 1.54) is 25.3 Å². The molecule has 0 aromatic heterocycles. The number of amides is 1. The van der Waals surface area contributed by atoms with Gasteiger partial charge in [-0.3, -0.25) is 9.59 Å². The minimum absolute atomic E-state index is 0.0998. The second kappa shape index (κ2) is 8.43. The molecule has 0 spiro atoms. The van der Waals surface area contributed by atoms with Gasteiger partial charge >= 0.3 is 5.97 Å². The summed E-state index contributed by atoms with van der Waals surface area (Å²) in [5, 5.41) is 0. The Morgan fingerprint density at radius 2 is 2.11 bits per heavy atom. The first-order chi connectivity index (χ1) is 13.0. The fraction of sp³-hybridized carbons (Fsp3) is 0.300. The number of methoxy groups -OCH3 is 1. The topological polar surface area (TPSA) is 55.8 Å². The largest absolute Gasteiger partial charge is 0.496 e. The zero-order valence-electron chi connectivity index (χ0n) is 15.1. The number of rotatable bonds is 6. The molecule has 1 aliphatic heterocycles. The summed E-state index contributed by atoms with van der Waals surface area (Å²) in [7, 11) is 1.47. The molecule has 1 heterocycles. The Bertz CT molecular complexity index is 858. The number of carbonyl (C=O) groups is 2. The maximum atomic E-state index is 13.4. The van der Waals surface area contributed by atoms with E-state index in [2.05, 4.69) is 0 Å². The molecule has 0 aliphatic carbocycles. The van der Waals surface area contributed by atoms with E-state index in [9.17, 15) is 14.0 Å². The number of esters is 1. The molecule has 2 aromatic carbocycles. The predicted octanol–water partition coefficient (Wildman–Crippen LogP) is 3.65. The zero-order chi connectivity index (χ0) is 19.4. The van der Waals surface area contributed by atoms with Crippen LogP contribution < -0.4 is 9.64 Å². The highest BCUT2D eigenvalue weighted by Crippen LogP contribution is 2.29. The van der Waals surface area contributed by atoms with Crippen LogP contribution in [0.5, 0.6) is 5.75 Å². The van der Waals surface area contributed by atoms with E-state index in [1.807, 2.05) is 30.5 Å². The summed E-state index contributed by atoms with van der Waals surface area (Å²) >= 11 is 1.59. The van der Waals surface area contributed by atoms with Crippen molar-refractivity contribution in [1.82, 2.24) is 0 Å². The lowest BCUT2D eigenvalue weighted by molar-refractivity contribution is -0.149. The molecule has 142 valence electrons. The highest BCUT2D eigenvalue weighted by Gasteiger charge is 2.36. The molecule has 1 unspecified atom stereocenters. The molecule has 0 radical (unpaired) electrons. The van der Waals surface area contributed by atoms with Gasteiger partial charge in [-0.2, -0.15) is 0 Å². The summed E-state index contributed by atoms with van der Waals surface area (Å²) in [6.45, 7) is 0.169. The van der Waals surface area contributed by atoms with Crippen molar-refractivity contribution >= 4 is 29.3 Å². The van der Waals surface area contributed by atoms with Crippen molar-refractivity contribution in [2.75, 3.05) is 24.8 Å². The van der Waals surface area contributed by atoms with Gasteiger partial charge in [0.15, 0.2) is 0 Å². The van der Waals surface area contributed by atoms with Crippen molar-refractivity contribution in [3.63, 3.8) is 0 Å². The second-order valence-corrected chi connectivity index (χ2v) is 7.05. The number of carbonyl (C=O) groups excluding carboxylic acids is 2. The molecule has 3 rings (SSSR count). The summed E-state index contributed by atoms with van der Waals surface area (Å²) in [6.07, 6.45) is 2.06. The molecular weight excluding hydrogens is 369 g/mol. The van der Waals surface area contributed by atoms with Crippen LogP contribution in [0.1, 0.15) is 12.0 Å². The zero-order valence-corrected chi connectivity index (χ0v) is 15.9. The summed E-state index contributed by atoms with van der Waals surface area (Å²) in [5.41, 5.74) is 1.22. The molecule has 0 bridgehead atoms. The number of thioether (sulfide) groups is 1. The van der Waals surface area contributed by atoms with Crippen molar-refractivity contribution in [2.45, 2.75) is 17.9 Å². The van der Waals surface area contributed by atoms with Crippen LogP contribution in [0.25, 0.3) is 0 Å². The molecule has 1 saturated heterocycles. The van der Waals surface area contributed by atoms with E-state index in [0.717, 1.165) is 10.6 Å². The van der Waals surface area contributed by atoms with Crippen LogP contribution in [0.3, 0.4) is 0 Å². The fourth-order valence-electron chi connectivity index (χ4n) is 3.02. The van der Waals surface area contributed by atoms with E-state index < -0.39 is 17.7 Å². The second-order valence-electron chi connectivity index (χ2n) is 6.17. The van der Waals surface area contributed by atoms with E-state index >= 15 is 0 Å².